The van der Waals surface area contributed by atoms with Gasteiger partial charge in [0.25, 0.3) is 5.56 Å². The van der Waals surface area contributed by atoms with Gasteiger partial charge in [0.15, 0.2) is 5.65 Å². The Kier molecular flexibility index (Phi) is 2.90. The van der Waals surface area contributed by atoms with E-state index in [1.54, 1.807) is 31.1 Å². The summed E-state index contributed by atoms with van der Waals surface area (Å²) in [7, 11) is 1.76. The first-order chi connectivity index (χ1) is 9.65. The molecule has 0 aliphatic heterocycles. The molecule has 2 aromatic heterocycles. The van der Waals surface area contributed by atoms with Gasteiger partial charge in [-0.25, -0.2) is 4.98 Å². The van der Waals surface area contributed by atoms with Gasteiger partial charge in [0.1, 0.15) is 11.2 Å². The van der Waals surface area contributed by atoms with E-state index in [4.69, 9.17) is 0 Å². The van der Waals surface area contributed by atoms with E-state index in [1.807, 2.05) is 30.3 Å². The first-order valence-corrected chi connectivity index (χ1v) is 6.17. The standard InChI is InChI=1S/C14H13N5O/c1-10-16-13-12(9-18(2)17-13)14(20)19(10)15-8-11-6-4-3-5-7-11/h3-9H,1-2H3. The van der Waals surface area contributed by atoms with Crippen molar-refractivity contribution in [1.29, 1.82) is 0 Å². The average Bonchev–Trinajstić information content (AvgIpc) is 2.80. The normalized spacial score (nSPS) is 11.5. The second kappa shape index (κ2) is 4.73. The van der Waals surface area contributed by atoms with Crippen LogP contribution in [0.5, 0.6) is 0 Å². The van der Waals surface area contributed by atoms with Crippen molar-refractivity contribution in [3.8, 4) is 0 Å². The van der Waals surface area contributed by atoms with Gasteiger partial charge in [-0.1, -0.05) is 30.3 Å². The van der Waals surface area contributed by atoms with Gasteiger partial charge in [0.05, 0.1) is 6.21 Å². The zero-order chi connectivity index (χ0) is 14.1. The highest BCUT2D eigenvalue weighted by Crippen LogP contribution is 2.05. The van der Waals surface area contributed by atoms with Gasteiger partial charge in [-0.3, -0.25) is 9.48 Å². The first kappa shape index (κ1) is 12.3. The Bertz CT molecular complexity index is 845. The number of hydrogen-bond donors (Lipinski definition) is 0. The van der Waals surface area contributed by atoms with Gasteiger partial charge in [-0.2, -0.15) is 14.9 Å². The molecule has 0 saturated carbocycles. The summed E-state index contributed by atoms with van der Waals surface area (Å²) in [6.07, 6.45) is 3.29. The molecule has 0 amide bonds. The highest BCUT2D eigenvalue weighted by atomic mass is 16.1. The lowest BCUT2D eigenvalue weighted by Crippen LogP contribution is -2.20. The summed E-state index contributed by atoms with van der Waals surface area (Å²) in [5.41, 5.74) is 1.15. The van der Waals surface area contributed by atoms with Gasteiger partial charge in [-0.05, 0) is 12.5 Å². The third-order valence-corrected chi connectivity index (χ3v) is 2.93. The van der Waals surface area contributed by atoms with E-state index >= 15 is 0 Å². The average molecular weight is 267 g/mol. The minimum Gasteiger partial charge on any atom is -0.273 e. The van der Waals surface area contributed by atoms with Gasteiger partial charge < -0.3 is 0 Å². The maximum Gasteiger partial charge on any atom is 0.285 e. The third-order valence-electron chi connectivity index (χ3n) is 2.93. The number of rotatable bonds is 2. The van der Waals surface area contributed by atoms with Gasteiger partial charge in [0, 0.05) is 13.2 Å². The van der Waals surface area contributed by atoms with Crippen molar-refractivity contribution >= 4 is 17.2 Å². The van der Waals surface area contributed by atoms with Crippen molar-refractivity contribution < 1.29 is 0 Å². The molecule has 6 heteroatoms. The maximum absolute atomic E-state index is 12.3. The molecular weight excluding hydrogens is 254 g/mol. The van der Waals surface area contributed by atoms with Gasteiger partial charge >= 0.3 is 0 Å². The zero-order valence-electron chi connectivity index (χ0n) is 11.2. The van der Waals surface area contributed by atoms with Crippen molar-refractivity contribution in [2.45, 2.75) is 6.92 Å². The minimum absolute atomic E-state index is 0.215. The topological polar surface area (TPSA) is 65.1 Å². The number of aryl methyl sites for hydroxylation is 2. The van der Waals surface area contributed by atoms with Crippen LogP contribution < -0.4 is 5.56 Å². The first-order valence-electron chi connectivity index (χ1n) is 6.17. The highest BCUT2D eigenvalue weighted by Gasteiger charge is 2.09. The van der Waals surface area contributed by atoms with Crippen LogP contribution in [-0.4, -0.2) is 25.7 Å². The molecule has 0 aliphatic rings. The number of nitrogens with zero attached hydrogens (tertiary/aromatic N) is 5. The molecule has 0 radical (unpaired) electrons. The molecule has 2 heterocycles. The number of fused-ring (bicyclic) bond motifs is 1. The molecule has 1 aromatic carbocycles. The fourth-order valence-electron chi connectivity index (χ4n) is 1.97. The van der Waals surface area contributed by atoms with Crippen LogP contribution in [-0.2, 0) is 7.05 Å². The van der Waals surface area contributed by atoms with Gasteiger partial charge in [0.2, 0.25) is 0 Å². The van der Waals surface area contributed by atoms with E-state index in [-0.39, 0.29) is 5.56 Å². The van der Waals surface area contributed by atoms with Gasteiger partial charge in [-0.15, -0.1) is 0 Å². The van der Waals surface area contributed by atoms with Crippen LogP contribution in [0.15, 0.2) is 46.4 Å². The van der Waals surface area contributed by atoms with E-state index in [2.05, 4.69) is 15.2 Å². The Balaban J connectivity index is 2.12. The molecule has 0 saturated heterocycles. The monoisotopic (exact) mass is 267 g/mol. The quantitative estimate of drug-likeness (QED) is 0.658. The highest BCUT2D eigenvalue weighted by molar-refractivity contribution is 5.79. The lowest BCUT2D eigenvalue weighted by molar-refractivity contribution is 0.760. The Morgan fingerprint density at radius 1 is 1.25 bits per heavy atom. The lowest BCUT2D eigenvalue weighted by Gasteiger charge is -2.01. The Morgan fingerprint density at radius 3 is 2.75 bits per heavy atom. The molecule has 3 aromatic rings. The summed E-state index contributed by atoms with van der Waals surface area (Å²) in [5.74, 6) is 0.508. The van der Waals surface area contributed by atoms with Crippen molar-refractivity contribution in [2.24, 2.45) is 12.1 Å². The van der Waals surface area contributed by atoms with Crippen LogP contribution in [0, 0.1) is 6.92 Å². The largest absolute Gasteiger partial charge is 0.285 e. The molecule has 3 rings (SSSR count). The summed E-state index contributed by atoms with van der Waals surface area (Å²) in [6, 6.07) is 9.59. The van der Waals surface area contributed by atoms with E-state index in [1.165, 1.54) is 4.68 Å². The molecule has 0 bridgehead atoms. The van der Waals surface area contributed by atoms with Crippen LogP contribution in [0.25, 0.3) is 11.0 Å². The Hall–Kier alpha value is -2.76. The smallest absolute Gasteiger partial charge is 0.273 e. The van der Waals surface area contributed by atoms with Crippen LogP contribution in [0.3, 0.4) is 0 Å². The van der Waals surface area contributed by atoms with Crippen LogP contribution in [0.2, 0.25) is 0 Å². The predicted molar refractivity (Wildman–Crippen MR) is 76.9 cm³/mol. The Labute approximate surface area is 115 Å². The van der Waals surface area contributed by atoms with Crippen LogP contribution in [0.4, 0.5) is 0 Å². The van der Waals surface area contributed by atoms with Crippen molar-refractivity contribution in [3.05, 3.63) is 58.3 Å². The second-order valence-electron chi connectivity index (χ2n) is 4.47. The molecule has 100 valence electrons. The summed E-state index contributed by atoms with van der Waals surface area (Å²) in [4.78, 5) is 16.6. The Morgan fingerprint density at radius 2 is 2.00 bits per heavy atom. The molecule has 0 unspecified atom stereocenters. The summed E-state index contributed by atoms with van der Waals surface area (Å²) < 4.78 is 2.86. The summed E-state index contributed by atoms with van der Waals surface area (Å²) in [6.45, 7) is 1.73. The molecule has 0 spiro atoms. The van der Waals surface area contributed by atoms with E-state index in [0.717, 1.165) is 5.56 Å². The van der Waals surface area contributed by atoms with E-state index in [9.17, 15) is 4.79 Å². The fourth-order valence-corrected chi connectivity index (χ4v) is 1.97. The summed E-state index contributed by atoms with van der Waals surface area (Å²) in [5, 5.41) is 8.81. The summed E-state index contributed by atoms with van der Waals surface area (Å²) >= 11 is 0. The lowest BCUT2D eigenvalue weighted by atomic mass is 10.2. The molecule has 20 heavy (non-hydrogen) atoms. The van der Waals surface area contributed by atoms with Crippen molar-refractivity contribution in [1.82, 2.24) is 19.4 Å². The molecular formula is C14H13N5O. The zero-order valence-corrected chi connectivity index (χ0v) is 11.2. The predicted octanol–water partition coefficient (Wildman–Crippen LogP) is 1.32. The number of aromatic nitrogens is 4. The van der Waals surface area contributed by atoms with Crippen LogP contribution in [0.1, 0.15) is 11.4 Å². The molecule has 0 atom stereocenters. The van der Waals surface area contributed by atoms with Crippen LogP contribution >= 0.6 is 0 Å². The van der Waals surface area contributed by atoms with Crippen molar-refractivity contribution in [2.75, 3.05) is 0 Å². The third kappa shape index (κ3) is 2.11. The second-order valence-corrected chi connectivity index (χ2v) is 4.47. The number of benzene rings is 1. The SMILES string of the molecule is Cc1nc2nn(C)cc2c(=O)n1N=Cc1ccccc1. The van der Waals surface area contributed by atoms with E-state index < -0.39 is 0 Å². The molecule has 0 fully saturated rings. The van der Waals surface area contributed by atoms with Crippen molar-refractivity contribution in [3.63, 3.8) is 0 Å². The molecule has 0 aliphatic carbocycles. The number of hydrogen-bond acceptors (Lipinski definition) is 4. The van der Waals surface area contributed by atoms with E-state index in [0.29, 0.717) is 16.9 Å². The minimum atomic E-state index is -0.215. The maximum atomic E-state index is 12.3. The molecule has 6 nitrogen and oxygen atoms in total. The fraction of sp³-hybridized carbons (Fsp3) is 0.143. The molecule has 0 N–H and O–H groups in total.